The summed E-state index contributed by atoms with van der Waals surface area (Å²) in [6.45, 7) is 4.89. The summed E-state index contributed by atoms with van der Waals surface area (Å²) >= 11 is 0. The normalized spacial score (nSPS) is 17.8. The van der Waals surface area contributed by atoms with Gasteiger partial charge < -0.3 is 4.74 Å². The molecular formula is C30H27NO. The fourth-order valence-electron chi connectivity index (χ4n) is 5.15. The number of hydrogen-bond acceptors (Lipinski definition) is 2. The second-order valence-corrected chi connectivity index (χ2v) is 8.75. The molecule has 0 N–H and O–H groups in total. The van der Waals surface area contributed by atoms with E-state index in [1.54, 1.807) is 0 Å². The molecule has 0 aromatic heterocycles. The number of nitrogens with zero attached hydrogens (tertiary/aromatic N) is 1. The molecule has 158 valence electrons. The van der Waals surface area contributed by atoms with E-state index in [9.17, 15) is 0 Å². The van der Waals surface area contributed by atoms with Gasteiger partial charge in [-0.15, -0.1) is 0 Å². The highest BCUT2D eigenvalue weighted by Gasteiger charge is 2.20. The Morgan fingerprint density at radius 2 is 1.38 bits per heavy atom. The second kappa shape index (κ2) is 8.38. The van der Waals surface area contributed by atoms with Crippen molar-refractivity contribution in [1.82, 2.24) is 4.90 Å². The Balaban J connectivity index is 1.45. The Labute approximate surface area is 189 Å². The summed E-state index contributed by atoms with van der Waals surface area (Å²) in [6.07, 6.45) is 5.90. The van der Waals surface area contributed by atoms with Crippen LogP contribution in [0.4, 0.5) is 0 Å². The fourth-order valence-corrected chi connectivity index (χ4v) is 5.15. The van der Waals surface area contributed by atoms with Crippen LogP contribution in [0, 0.1) is 0 Å². The third-order valence-corrected chi connectivity index (χ3v) is 6.83. The second-order valence-electron chi connectivity index (χ2n) is 8.75. The van der Waals surface area contributed by atoms with Crippen molar-refractivity contribution in [2.24, 2.45) is 0 Å². The van der Waals surface area contributed by atoms with Crippen molar-refractivity contribution in [2.45, 2.75) is 6.42 Å². The van der Waals surface area contributed by atoms with Crippen LogP contribution in [-0.4, -0.2) is 37.7 Å². The molecule has 6 rings (SSSR count). The first kappa shape index (κ1) is 19.5. The molecule has 0 unspecified atom stereocenters. The van der Waals surface area contributed by atoms with E-state index in [2.05, 4.69) is 95.9 Å². The zero-order valence-electron chi connectivity index (χ0n) is 18.3. The van der Waals surface area contributed by atoms with E-state index < -0.39 is 0 Å². The van der Waals surface area contributed by atoms with Crippen LogP contribution in [-0.2, 0) is 4.74 Å². The predicted molar refractivity (Wildman–Crippen MR) is 136 cm³/mol. The number of hydrogen-bond donors (Lipinski definition) is 0. The van der Waals surface area contributed by atoms with E-state index in [1.807, 2.05) is 0 Å². The molecule has 1 aliphatic heterocycles. The Bertz CT molecular complexity index is 1300. The molecule has 0 amide bonds. The van der Waals surface area contributed by atoms with Gasteiger partial charge in [-0.1, -0.05) is 78.9 Å². The number of morpholine rings is 1. The number of rotatable bonds is 4. The van der Waals surface area contributed by atoms with Gasteiger partial charge in [-0.05, 0) is 67.9 Å². The minimum atomic E-state index is 0.856. The lowest BCUT2D eigenvalue weighted by Crippen LogP contribution is -2.36. The van der Waals surface area contributed by atoms with Crippen molar-refractivity contribution in [3.8, 4) is 0 Å². The number of fused-ring (bicyclic) bond motifs is 3. The molecule has 1 aliphatic carbocycles. The van der Waals surface area contributed by atoms with Gasteiger partial charge in [0.15, 0.2) is 0 Å². The number of benzene rings is 4. The largest absolute Gasteiger partial charge is 0.379 e. The van der Waals surface area contributed by atoms with Crippen molar-refractivity contribution in [2.75, 3.05) is 32.8 Å². The van der Waals surface area contributed by atoms with Gasteiger partial charge in [0.2, 0.25) is 0 Å². The van der Waals surface area contributed by atoms with Crippen LogP contribution in [0.15, 0.2) is 84.9 Å². The van der Waals surface area contributed by atoms with Crippen molar-refractivity contribution in [3.05, 3.63) is 102 Å². The minimum Gasteiger partial charge on any atom is -0.379 e. The monoisotopic (exact) mass is 417 g/mol. The predicted octanol–water partition coefficient (Wildman–Crippen LogP) is 6.65. The van der Waals surface area contributed by atoms with Crippen molar-refractivity contribution >= 4 is 38.8 Å². The molecule has 32 heavy (non-hydrogen) atoms. The maximum atomic E-state index is 5.52. The van der Waals surface area contributed by atoms with Gasteiger partial charge in [0.1, 0.15) is 0 Å². The average molecular weight is 418 g/mol. The highest BCUT2D eigenvalue weighted by Crippen LogP contribution is 2.40. The van der Waals surface area contributed by atoms with Crippen molar-refractivity contribution in [1.29, 1.82) is 0 Å². The Hall–Kier alpha value is -3.20. The van der Waals surface area contributed by atoms with E-state index in [0.29, 0.717) is 0 Å². The SMILES string of the molecule is C1=C(CCN2CCOCC2)c2ccccc2/C1=C\c1c2ccccc2cc2ccccc12. The maximum Gasteiger partial charge on any atom is 0.0594 e. The van der Waals surface area contributed by atoms with Crippen molar-refractivity contribution in [3.63, 3.8) is 0 Å². The summed E-state index contributed by atoms with van der Waals surface area (Å²) in [5.74, 6) is 0. The first-order chi connectivity index (χ1) is 15.9. The van der Waals surface area contributed by atoms with Gasteiger partial charge in [-0.25, -0.2) is 0 Å². The molecule has 2 aliphatic rings. The molecule has 2 nitrogen and oxygen atoms in total. The highest BCUT2D eigenvalue weighted by atomic mass is 16.5. The summed E-state index contributed by atoms with van der Waals surface area (Å²) in [5.41, 5.74) is 6.81. The van der Waals surface area contributed by atoms with Crippen molar-refractivity contribution < 1.29 is 4.74 Å². The molecule has 1 fully saturated rings. The third kappa shape index (κ3) is 3.56. The first-order valence-electron chi connectivity index (χ1n) is 11.6. The van der Waals surface area contributed by atoms with Crippen LogP contribution in [0.5, 0.6) is 0 Å². The lowest BCUT2D eigenvalue weighted by Gasteiger charge is -2.26. The summed E-state index contributed by atoms with van der Waals surface area (Å²) in [5, 5.41) is 5.21. The van der Waals surface area contributed by atoms with Gasteiger partial charge in [0.05, 0.1) is 13.2 Å². The lowest BCUT2D eigenvalue weighted by molar-refractivity contribution is 0.0390. The van der Waals surface area contributed by atoms with Gasteiger partial charge in [-0.2, -0.15) is 0 Å². The number of allylic oxidation sites excluding steroid dienone is 2. The molecule has 0 saturated carbocycles. The van der Waals surface area contributed by atoms with E-state index >= 15 is 0 Å². The summed E-state index contributed by atoms with van der Waals surface area (Å²) < 4.78 is 5.52. The third-order valence-electron chi connectivity index (χ3n) is 6.83. The molecule has 4 aromatic rings. The molecule has 0 radical (unpaired) electrons. The molecule has 1 heterocycles. The zero-order chi connectivity index (χ0) is 21.3. The van der Waals surface area contributed by atoms with E-state index in [0.717, 1.165) is 39.3 Å². The minimum absolute atomic E-state index is 0.856. The fraction of sp³-hybridized carbons (Fsp3) is 0.200. The van der Waals surface area contributed by atoms with Gasteiger partial charge in [0.25, 0.3) is 0 Å². The standard InChI is InChI=1S/C30H27NO/c1-3-10-27-22(7-1)19-23-8-2-4-11-28(23)30(27)21-25-20-24(26-9-5-6-12-29(25)26)13-14-31-15-17-32-18-16-31/h1-12,19-21H,13-18H2/b25-21-. The molecule has 0 bridgehead atoms. The van der Waals surface area contributed by atoms with E-state index in [-0.39, 0.29) is 0 Å². The summed E-state index contributed by atoms with van der Waals surface area (Å²) in [7, 11) is 0. The highest BCUT2D eigenvalue weighted by molar-refractivity contribution is 6.12. The molecular weight excluding hydrogens is 390 g/mol. The smallest absolute Gasteiger partial charge is 0.0594 e. The van der Waals surface area contributed by atoms with Crippen LogP contribution < -0.4 is 0 Å². The molecule has 0 spiro atoms. The molecule has 0 atom stereocenters. The van der Waals surface area contributed by atoms with Gasteiger partial charge >= 0.3 is 0 Å². The van der Waals surface area contributed by atoms with E-state index in [4.69, 9.17) is 4.74 Å². The summed E-state index contributed by atoms with van der Waals surface area (Å²) in [6, 6.07) is 28.7. The zero-order valence-corrected chi connectivity index (χ0v) is 18.3. The topological polar surface area (TPSA) is 12.5 Å². The van der Waals surface area contributed by atoms with E-state index in [1.165, 1.54) is 49.4 Å². The van der Waals surface area contributed by atoms with Crippen LogP contribution >= 0.6 is 0 Å². The first-order valence-corrected chi connectivity index (χ1v) is 11.6. The van der Waals surface area contributed by atoms with Crippen LogP contribution in [0.25, 0.3) is 38.8 Å². The Morgan fingerprint density at radius 3 is 2.09 bits per heavy atom. The quantitative estimate of drug-likeness (QED) is 0.345. The van der Waals surface area contributed by atoms with Gasteiger partial charge in [0, 0.05) is 19.6 Å². The Kier molecular flexibility index (Phi) is 5.10. The van der Waals surface area contributed by atoms with Crippen LogP contribution in [0.1, 0.15) is 23.1 Å². The molecule has 4 aromatic carbocycles. The summed E-state index contributed by atoms with van der Waals surface area (Å²) in [4.78, 5) is 2.52. The maximum absolute atomic E-state index is 5.52. The molecule has 1 saturated heterocycles. The van der Waals surface area contributed by atoms with Gasteiger partial charge in [-0.3, -0.25) is 4.90 Å². The number of ether oxygens (including phenoxy) is 1. The average Bonchev–Trinajstić information content (AvgIpc) is 3.21. The lowest BCUT2D eigenvalue weighted by atomic mass is 9.94. The Morgan fingerprint density at radius 1 is 0.750 bits per heavy atom. The van der Waals surface area contributed by atoms with Crippen LogP contribution in [0.3, 0.4) is 0 Å². The molecule has 2 heteroatoms. The van der Waals surface area contributed by atoms with Crippen LogP contribution in [0.2, 0.25) is 0 Å².